The van der Waals surface area contributed by atoms with Crippen molar-refractivity contribution in [3.8, 4) is 17.6 Å². The quantitative estimate of drug-likeness (QED) is 0.574. The largest absolute Gasteiger partial charge is 0.544 e. The summed E-state index contributed by atoms with van der Waals surface area (Å²) in [5, 5.41) is 10.2. The maximum atomic E-state index is 9.99. The average Bonchev–Trinajstić information content (AvgIpc) is 2.59. The Hall–Kier alpha value is -2.28. The molecule has 0 amide bonds. The van der Waals surface area contributed by atoms with Crippen LogP contribution in [0.25, 0.3) is 6.08 Å². The Bertz CT molecular complexity index is 788. The van der Waals surface area contributed by atoms with Gasteiger partial charge in [0.15, 0.2) is 0 Å². The SMILES string of the molecule is CC(C)(C)[Si](C)(C)Oc1ccc(/C=C/C(O)C#Cc2ccccc2)cc1. The average molecular weight is 365 g/mol. The third-order valence-electron chi connectivity index (χ3n) is 4.67. The summed E-state index contributed by atoms with van der Waals surface area (Å²) in [6.45, 7) is 11.2. The molecular formula is C23H28O2Si. The van der Waals surface area contributed by atoms with Crippen LogP contribution in [0.15, 0.2) is 60.7 Å². The summed E-state index contributed by atoms with van der Waals surface area (Å²) >= 11 is 0. The van der Waals surface area contributed by atoms with Gasteiger partial charge in [-0.2, -0.15) is 0 Å². The van der Waals surface area contributed by atoms with Crippen molar-refractivity contribution in [2.75, 3.05) is 0 Å². The van der Waals surface area contributed by atoms with Gasteiger partial charge in [0.25, 0.3) is 0 Å². The van der Waals surface area contributed by atoms with E-state index in [9.17, 15) is 5.11 Å². The summed E-state index contributed by atoms with van der Waals surface area (Å²) in [4.78, 5) is 0. The molecule has 0 saturated heterocycles. The second kappa shape index (κ2) is 8.40. The molecule has 2 nitrogen and oxygen atoms in total. The molecule has 0 spiro atoms. The Labute approximate surface area is 158 Å². The van der Waals surface area contributed by atoms with Crippen molar-refractivity contribution >= 4 is 14.4 Å². The Balaban J connectivity index is 1.98. The van der Waals surface area contributed by atoms with Crippen LogP contribution >= 0.6 is 0 Å². The van der Waals surface area contributed by atoms with E-state index in [2.05, 4.69) is 45.7 Å². The molecule has 0 radical (unpaired) electrons. The fourth-order valence-corrected chi connectivity index (χ4v) is 3.06. The van der Waals surface area contributed by atoms with Gasteiger partial charge in [0, 0.05) is 5.56 Å². The van der Waals surface area contributed by atoms with Gasteiger partial charge in [0.1, 0.15) is 11.9 Å². The highest BCUT2D eigenvalue weighted by Gasteiger charge is 2.38. The number of aliphatic hydroxyl groups excluding tert-OH is 1. The first-order valence-electron chi connectivity index (χ1n) is 8.89. The maximum Gasteiger partial charge on any atom is 0.250 e. The molecule has 0 saturated carbocycles. The van der Waals surface area contributed by atoms with Crippen LogP contribution in [0.2, 0.25) is 18.1 Å². The zero-order valence-electron chi connectivity index (χ0n) is 16.3. The van der Waals surface area contributed by atoms with Crippen LogP contribution in [0.5, 0.6) is 5.75 Å². The standard InChI is InChI=1S/C23H28O2Si/c1-23(2,3)26(4,5)25-22-17-13-20(14-18-22)12-16-21(24)15-11-19-9-7-6-8-10-19/h6-10,12-14,16-18,21,24H,1-5H3/b16-12+. The van der Waals surface area contributed by atoms with Gasteiger partial charge >= 0.3 is 0 Å². The topological polar surface area (TPSA) is 29.5 Å². The van der Waals surface area contributed by atoms with Crippen molar-refractivity contribution in [1.29, 1.82) is 0 Å². The van der Waals surface area contributed by atoms with E-state index in [0.29, 0.717) is 0 Å². The van der Waals surface area contributed by atoms with Crippen molar-refractivity contribution in [3.63, 3.8) is 0 Å². The van der Waals surface area contributed by atoms with E-state index in [1.165, 1.54) is 0 Å². The molecule has 0 heterocycles. The first-order valence-corrected chi connectivity index (χ1v) is 11.8. The van der Waals surface area contributed by atoms with Crippen LogP contribution in [0.3, 0.4) is 0 Å². The summed E-state index contributed by atoms with van der Waals surface area (Å²) in [5.41, 5.74) is 1.90. The lowest BCUT2D eigenvalue weighted by molar-refractivity contribution is 0.281. The molecule has 0 aliphatic heterocycles. The number of rotatable bonds is 4. The smallest absolute Gasteiger partial charge is 0.250 e. The molecule has 1 unspecified atom stereocenters. The van der Waals surface area contributed by atoms with E-state index in [4.69, 9.17) is 4.43 Å². The highest BCUT2D eigenvalue weighted by atomic mass is 28.4. The van der Waals surface area contributed by atoms with Crippen LogP contribution in [-0.4, -0.2) is 19.5 Å². The van der Waals surface area contributed by atoms with Gasteiger partial charge in [-0.25, -0.2) is 0 Å². The Morgan fingerprint density at radius 3 is 2.19 bits per heavy atom. The minimum atomic E-state index is -1.82. The fourth-order valence-electron chi connectivity index (χ4n) is 2.02. The first-order chi connectivity index (χ1) is 12.2. The second-order valence-electron chi connectivity index (χ2n) is 7.87. The summed E-state index contributed by atoms with van der Waals surface area (Å²) in [6.07, 6.45) is 2.78. The molecule has 0 aliphatic carbocycles. The molecule has 2 aromatic carbocycles. The van der Waals surface area contributed by atoms with E-state index in [0.717, 1.165) is 16.9 Å². The van der Waals surface area contributed by atoms with Crippen molar-refractivity contribution < 1.29 is 9.53 Å². The third kappa shape index (κ3) is 5.91. The molecule has 0 aromatic heterocycles. The van der Waals surface area contributed by atoms with Gasteiger partial charge in [0.05, 0.1) is 0 Å². The fraction of sp³-hybridized carbons (Fsp3) is 0.304. The molecule has 2 aromatic rings. The van der Waals surface area contributed by atoms with Crippen LogP contribution < -0.4 is 4.43 Å². The molecule has 136 valence electrons. The molecule has 26 heavy (non-hydrogen) atoms. The molecule has 3 heteroatoms. The second-order valence-corrected chi connectivity index (χ2v) is 12.6. The third-order valence-corrected chi connectivity index (χ3v) is 9.03. The number of hydrogen-bond acceptors (Lipinski definition) is 2. The van der Waals surface area contributed by atoms with Crippen molar-refractivity contribution in [3.05, 3.63) is 71.8 Å². The van der Waals surface area contributed by atoms with Gasteiger partial charge in [-0.05, 0) is 54.0 Å². The lowest BCUT2D eigenvalue weighted by Crippen LogP contribution is -2.43. The van der Waals surface area contributed by atoms with Crippen LogP contribution in [0.1, 0.15) is 31.9 Å². The predicted molar refractivity (Wildman–Crippen MR) is 113 cm³/mol. The minimum Gasteiger partial charge on any atom is -0.544 e. The summed E-state index contributed by atoms with van der Waals surface area (Å²) < 4.78 is 6.28. The lowest BCUT2D eigenvalue weighted by Gasteiger charge is -2.36. The maximum absolute atomic E-state index is 9.99. The first kappa shape index (κ1) is 20.0. The van der Waals surface area contributed by atoms with E-state index in [1.54, 1.807) is 6.08 Å². The highest BCUT2D eigenvalue weighted by Crippen LogP contribution is 2.37. The van der Waals surface area contributed by atoms with Gasteiger partial charge < -0.3 is 9.53 Å². The lowest BCUT2D eigenvalue weighted by atomic mass is 10.1. The minimum absolute atomic E-state index is 0.174. The summed E-state index contributed by atoms with van der Waals surface area (Å²) in [5.74, 6) is 6.69. The summed E-state index contributed by atoms with van der Waals surface area (Å²) in [6, 6.07) is 17.6. The van der Waals surface area contributed by atoms with Crippen molar-refractivity contribution in [1.82, 2.24) is 0 Å². The van der Waals surface area contributed by atoms with Gasteiger partial charge in [-0.15, -0.1) is 0 Å². The zero-order valence-corrected chi connectivity index (χ0v) is 17.3. The molecule has 0 aliphatic rings. The molecular weight excluding hydrogens is 336 g/mol. The Morgan fingerprint density at radius 2 is 1.62 bits per heavy atom. The number of aliphatic hydroxyl groups is 1. The normalized spacial score (nSPS) is 13.2. The summed E-state index contributed by atoms with van der Waals surface area (Å²) in [7, 11) is -1.82. The van der Waals surface area contributed by atoms with Crippen molar-refractivity contribution in [2.45, 2.75) is 45.0 Å². The molecule has 0 fully saturated rings. The Kier molecular flexibility index (Phi) is 6.47. The van der Waals surface area contributed by atoms with Gasteiger partial charge in [-0.1, -0.05) is 69.0 Å². The number of benzene rings is 2. The van der Waals surface area contributed by atoms with Crippen LogP contribution in [0, 0.1) is 11.8 Å². The van der Waals surface area contributed by atoms with E-state index >= 15 is 0 Å². The molecule has 1 N–H and O–H groups in total. The van der Waals surface area contributed by atoms with Crippen LogP contribution in [0.4, 0.5) is 0 Å². The van der Waals surface area contributed by atoms with Gasteiger partial charge in [0.2, 0.25) is 8.32 Å². The zero-order chi connectivity index (χ0) is 19.2. The van der Waals surface area contributed by atoms with Crippen LogP contribution in [-0.2, 0) is 0 Å². The molecule has 2 rings (SSSR count). The van der Waals surface area contributed by atoms with Gasteiger partial charge in [-0.3, -0.25) is 0 Å². The molecule has 1 atom stereocenters. The highest BCUT2D eigenvalue weighted by molar-refractivity contribution is 6.74. The predicted octanol–water partition coefficient (Wildman–Crippen LogP) is 5.50. The Morgan fingerprint density at radius 1 is 1.00 bits per heavy atom. The van der Waals surface area contributed by atoms with E-state index in [-0.39, 0.29) is 5.04 Å². The van der Waals surface area contributed by atoms with Crippen molar-refractivity contribution in [2.24, 2.45) is 0 Å². The van der Waals surface area contributed by atoms with E-state index < -0.39 is 14.4 Å². The monoisotopic (exact) mass is 364 g/mol. The molecule has 0 bridgehead atoms. The number of hydrogen-bond donors (Lipinski definition) is 1. The van der Waals surface area contributed by atoms with E-state index in [1.807, 2.05) is 60.7 Å².